The highest BCUT2D eigenvalue weighted by Gasteiger charge is 2.35. The summed E-state index contributed by atoms with van der Waals surface area (Å²) < 4.78 is 11.8. The van der Waals surface area contributed by atoms with E-state index in [9.17, 15) is 0 Å². The Morgan fingerprint density at radius 3 is 2.95 bits per heavy atom. The lowest BCUT2D eigenvalue weighted by atomic mass is 10.1. The topological polar surface area (TPSA) is 33.7 Å². The molecule has 4 heteroatoms. The van der Waals surface area contributed by atoms with Gasteiger partial charge in [-0.2, -0.15) is 0 Å². The van der Waals surface area contributed by atoms with Gasteiger partial charge in [0.05, 0.1) is 18.8 Å². The Kier molecular flexibility index (Phi) is 5.10. The minimum Gasteiger partial charge on any atom is -0.378 e. The van der Waals surface area contributed by atoms with Crippen molar-refractivity contribution in [3.63, 3.8) is 0 Å². The molecule has 3 fully saturated rings. The van der Waals surface area contributed by atoms with Crippen molar-refractivity contribution in [3.05, 3.63) is 0 Å². The molecule has 2 atom stereocenters. The van der Waals surface area contributed by atoms with Gasteiger partial charge in [-0.25, -0.2) is 0 Å². The number of morpholine rings is 1. The van der Waals surface area contributed by atoms with Crippen LogP contribution in [0.25, 0.3) is 0 Å². The molecule has 1 saturated carbocycles. The predicted molar refractivity (Wildman–Crippen MR) is 75.4 cm³/mol. The van der Waals surface area contributed by atoms with Crippen LogP contribution >= 0.6 is 0 Å². The summed E-state index contributed by atoms with van der Waals surface area (Å²) in [5.74, 6) is 0. The Hall–Kier alpha value is -0.160. The molecule has 0 aromatic rings. The smallest absolute Gasteiger partial charge is 0.0730 e. The number of piperidine rings is 1. The van der Waals surface area contributed by atoms with Gasteiger partial charge in [-0.05, 0) is 51.6 Å². The van der Waals surface area contributed by atoms with Crippen molar-refractivity contribution < 1.29 is 9.47 Å². The molecule has 0 aromatic carbocycles. The number of rotatable bonds is 5. The summed E-state index contributed by atoms with van der Waals surface area (Å²) in [7, 11) is 0. The molecule has 0 radical (unpaired) electrons. The van der Waals surface area contributed by atoms with Gasteiger partial charge in [0.25, 0.3) is 0 Å². The quantitative estimate of drug-likeness (QED) is 0.764. The molecule has 3 aliphatic rings. The molecule has 110 valence electrons. The average molecular weight is 268 g/mol. The van der Waals surface area contributed by atoms with Gasteiger partial charge in [0.1, 0.15) is 0 Å². The van der Waals surface area contributed by atoms with Gasteiger partial charge >= 0.3 is 0 Å². The molecule has 1 N–H and O–H groups in total. The fourth-order valence-corrected chi connectivity index (χ4v) is 3.76. The first-order valence-electron chi connectivity index (χ1n) is 8.11. The summed E-state index contributed by atoms with van der Waals surface area (Å²) in [5, 5.41) is 3.38. The van der Waals surface area contributed by atoms with Crippen LogP contribution in [0.2, 0.25) is 0 Å². The maximum atomic E-state index is 5.99. The Morgan fingerprint density at radius 2 is 2.05 bits per heavy atom. The zero-order chi connectivity index (χ0) is 12.9. The van der Waals surface area contributed by atoms with Crippen molar-refractivity contribution in [2.45, 2.75) is 56.8 Å². The minimum absolute atomic E-state index is 0.505. The second kappa shape index (κ2) is 7.02. The van der Waals surface area contributed by atoms with E-state index in [0.29, 0.717) is 18.2 Å². The maximum Gasteiger partial charge on any atom is 0.0730 e. The van der Waals surface area contributed by atoms with Crippen LogP contribution in [-0.4, -0.2) is 62.5 Å². The number of hydrogen-bond acceptors (Lipinski definition) is 4. The molecule has 1 aliphatic carbocycles. The van der Waals surface area contributed by atoms with Crippen LogP contribution in [-0.2, 0) is 9.47 Å². The molecule has 0 amide bonds. The summed E-state index contributed by atoms with van der Waals surface area (Å²) in [4.78, 5) is 2.65. The van der Waals surface area contributed by atoms with E-state index < -0.39 is 0 Å². The Labute approximate surface area is 116 Å². The highest BCUT2D eigenvalue weighted by atomic mass is 16.5. The van der Waals surface area contributed by atoms with E-state index in [2.05, 4.69) is 10.2 Å². The van der Waals surface area contributed by atoms with Crippen LogP contribution in [0, 0.1) is 0 Å². The first-order valence-corrected chi connectivity index (χ1v) is 8.11. The third-order valence-electron chi connectivity index (χ3n) is 4.83. The van der Waals surface area contributed by atoms with Gasteiger partial charge < -0.3 is 14.8 Å². The summed E-state index contributed by atoms with van der Waals surface area (Å²) in [6.45, 7) is 6.41. The van der Waals surface area contributed by atoms with Crippen LogP contribution in [0.3, 0.4) is 0 Å². The maximum absolute atomic E-state index is 5.99. The summed E-state index contributed by atoms with van der Waals surface area (Å²) >= 11 is 0. The summed E-state index contributed by atoms with van der Waals surface area (Å²) in [6, 6.07) is 0.702. The van der Waals surface area contributed by atoms with Gasteiger partial charge in [-0.15, -0.1) is 0 Å². The largest absolute Gasteiger partial charge is 0.378 e. The van der Waals surface area contributed by atoms with Gasteiger partial charge in [-0.3, -0.25) is 4.90 Å². The molecule has 2 aliphatic heterocycles. The number of ether oxygens (including phenoxy) is 2. The number of nitrogens with zero attached hydrogens (tertiary/aromatic N) is 1. The number of fused-ring (bicyclic) bond motifs is 1. The van der Waals surface area contributed by atoms with Crippen molar-refractivity contribution in [2.24, 2.45) is 0 Å². The first-order chi connectivity index (χ1) is 9.43. The molecule has 0 bridgehead atoms. The van der Waals surface area contributed by atoms with Crippen molar-refractivity contribution >= 4 is 0 Å². The fraction of sp³-hybridized carbons (Fsp3) is 1.00. The van der Waals surface area contributed by atoms with Crippen LogP contribution in [0.5, 0.6) is 0 Å². The van der Waals surface area contributed by atoms with E-state index in [1.54, 1.807) is 0 Å². The molecular formula is C15H28N2O2. The van der Waals surface area contributed by atoms with E-state index >= 15 is 0 Å². The van der Waals surface area contributed by atoms with Crippen molar-refractivity contribution in [1.29, 1.82) is 0 Å². The predicted octanol–water partition coefficient (Wildman–Crippen LogP) is 1.40. The number of nitrogens with one attached hydrogen (secondary N) is 1. The Balaban J connectivity index is 1.33. The van der Waals surface area contributed by atoms with Crippen LogP contribution in [0.15, 0.2) is 0 Å². The zero-order valence-electron chi connectivity index (χ0n) is 12.0. The average Bonchev–Trinajstić information content (AvgIpc) is 2.94. The molecular weight excluding hydrogens is 240 g/mol. The highest BCUT2D eigenvalue weighted by molar-refractivity contribution is 4.89. The molecule has 2 unspecified atom stereocenters. The molecule has 0 aromatic heterocycles. The van der Waals surface area contributed by atoms with E-state index in [-0.39, 0.29) is 0 Å². The summed E-state index contributed by atoms with van der Waals surface area (Å²) in [6.07, 6.45) is 8.52. The lowest BCUT2D eigenvalue weighted by molar-refractivity contribution is -0.0593. The molecule has 2 heterocycles. The van der Waals surface area contributed by atoms with Gasteiger partial charge in [0, 0.05) is 25.7 Å². The van der Waals surface area contributed by atoms with E-state index in [4.69, 9.17) is 9.47 Å². The van der Waals surface area contributed by atoms with Crippen molar-refractivity contribution in [3.8, 4) is 0 Å². The second-order valence-electron chi connectivity index (χ2n) is 6.12. The third-order valence-corrected chi connectivity index (χ3v) is 4.83. The zero-order valence-corrected chi connectivity index (χ0v) is 12.0. The van der Waals surface area contributed by atoms with E-state index in [0.717, 1.165) is 32.8 Å². The lowest BCUT2D eigenvalue weighted by Crippen LogP contribution is -2.48. The van der Waals surface area contributed by atoms with E-state index in [1.165, 1.54) is 45.1 Å². The molecule has 0 spiro atoms. The third kappa shape index (κ3) is 3.69. The standard InChI is InChI=1S/C15H28N2O2/c1-3-14-15(4-1)19-12-10-17(14)9-2-11-18-13-5-7-16-8-6-13/h13-16H,1-12H2. The normalized spacial score (nSPS) is 33.5. The highest BCUT2D eigenvalue weighted by Crippen LogP contribution is 2.29. The number of hydrogen-bond donors (Lipinski definition) is 1. The van der Waals surface area contributed by atoms with Gasteiger partial charge in [0.2, 0.25) is 0 Å². The van der Waals surface area contributed by atoms with Crippen LogP contribution in [0.4, 0.5) is 0 Å². The van der Waals surface area contributed by atoms with Gasteiger partial charge in [-0.1, -0.05) is 0 Å². The SMILES string of the molecule is C1CC2OCCN(CCCOC3CCNCC3)C2C1. The minimum atomic E-state index is 0.505. The summed E-state index contributed by atoms with van der Waals surface area (Å²) in [5.41, 5.74) is 0. The molecule has 4 nitrogen and oxygen atoms in total. The van der Waals surface area contributed by atoms with Crippen molar-refractivity contribution in [2.75, 3.05) is 39.4 Å². The van der Waals surface area contributed by atoms with Crippen molar-refractivity contribution in [1.82, 2.24) is 10.2 Å². The molecule has 19 heavy (non-hydrogen) atoms. The second-order valence-corrected chi connectivity index (χ2v) is 6.12. The van der Waals surface area contributed by atoms with E-state index in [1.807, 2.05) is 0 Å². The molecule has 3 rings (SSSR count). The van der Waals surface area contributed by atoms with Crippen LogP contribution < -0.4 is 5.32 Å². The van der Waals surface area contributed by atoms with Crippen LogP contribution in [0.1, 0.15) is 38.5 Å². The molecule has 2 saturated heterocycles. The Bertz CT molecular complexity index is 269. The monoisotopic (exact) mass is 268 g/mol. The first kappa shape index (κ1) is 13.8. The van der Waals surface area contributed by atoms with Gasteiger partial charge in [0.15, 0.2) is 0 Å². The fourth-order valence-electron chi connectivity index (χ4n) is 3.76. The lowest BCUT2D eigenvalue weighted by Gasteiger charge is -2.37. The Morgan fingerprint density at radius 1 is 1.16 bits per heavy atom.